The number of nitrogens with zero attached hydrogens (tertiary/aromatic N) is 1. The molecule has 106 valence electrons. The van der Waals surface area contributed by atoms with Crippen LogP contribution in [0.3, 0.4) is 0 Å². The lowest BCUT2D eigenvalue weighted by Gasteiger charge is -2.01. The molecule has 3 aromatic rings. The maximum atomic E-state index is 11.6. The van der Waals surface area contributed by atoms with Crippen LogP contribution in [0.15, 0.2) is 46.2 Å². The number of methoxy groups -OCH3 is 1. The van der Waals surface area contributed by atoms with Crippen LogP contribution in [0.25, 0.3) is 22.0 Å². The Hall–Kier alpha value is -2.40. The van der Waals surface area contributed by atoms with Crippen LogP contribution in [-0.2, 0) is 4.74 Å². The Morgan fingerprint density at radius 3 is 2.86 bits per heavy atom. The highest BCUT2D eigenvalue weighted by Crippen LogP contribution is 2.30. The van der Waals surface area contributed by atoms with Crippen molar-refractivity contribution >= 4 is 17.3 Å². The van der Waals surface area contributed by atoms with Crippen LogP contribution >= 0.6 is 11.3 Å². The first-order valence-corrected chi connectivity index (χ1v) is 7.26. The topological polar surface area (TPSA) is 52.3 Å². The Morgan fingerprint density at radius 1 is 1.29 bits per heavy atom. The van der Waals surface area contributed by atoms with Gasteiger partial charge in [0.2, 0.25) is 0 Å². The molecule has 2 heterocycles. The molecule has 0 bridgehead atoms. The summed E-state index contributed by atoms with van der Waals surface area (Å²) >= 11 is 1.51. The number of furan rings is 1. The van der Waals surface area contributed by atoms with Gasteiger partial charge in [0.15, 0.2) is 5.76 Å². The quantitative estimate of drug-likeness (QED) is 0.681. The Kier molecular flexibility index (Phi) is 3.58. The third kappa shape index (κ3) is 2.73. The van der Waals surface area contributed by atoms with Crippen molar-refractivity contribution in [1.82, 2.24) is 4.98 Å². The summed E-state index contributed by atoms with van der Waals surface area (Å²) in [7, 11) is 1.37. The first-order chi connectivity index (χ1) is 10.2. The number of aryl methyl sites for hydroxylation is 1. The van der Waals surface area contributed by atoms with Gasteiger partial charge in [-0.3, -0.25) is 0 Å². The predicted octanol–water partition coefficient (Wildman–Crippen LogP) is 4.17. The Bertz CT molecular complexity index is 788. The normalized spacial score (nSPS) is 10.6. The highest BCUT2D eigenvalue weighted by Gasteiger charge is 2.11. The van der Waals surface area contributed by atoms with Crippen molar-refractivity contribution in [2.75, 3.05) is 7.11 Å². The number of thiazole rings is 1. The number of carbonyl (C=O) groups excluding carboxylic acids is 1. The lowest BCUT2D eigenvalue weighted by Crippen LogP contribution is -2.00. The molecular formula is C16H13NO3S. The molecule has 21 heavy (non-hydrogen) atoms. The summed E-state index contributed by atoms with van der Waals surface area (Å²) in [5.41, 5.74) is 2.20. The standard InChI is InChI=1S/C16H13NO3S/c1-10-6-7-14(20-10)13-9-21-15(17-13)11-4-3-5-12(8-11)16(18)19-2/h3-9H,1-2H3. The molecule has 4 nitrogen and oxygen atoms in total. The van der Waals surface area contributed by atoms with Crippen molar-refractivity contribution in [3.8, 4) is 22.0 Å². The number of ether oxygens (including phenoxy) is 1. The lowest BCUT2D eigenvalue weighted by molar-refractivity contribution is 0.0601. The van der Waals surface area contributed by atoms with E-state index in [4.69, 9.17) is 9.15 Å². The highest BCUT2D eigenvalue weighted by atomic mass is 32.1. The zero-order valence-electron chi connectivity index (χ0n) is 11.6. The SMILES string of the molecule is COC(=O)c1cccc(-c2nc(-c3ccc(C)o3)cs2)c1. The molecule has 0 amide bonds. The van der Waals surface area contributed by atoms with Crippen LogP contribution in [0.1, 0.15) is 16.1 Å². The van der Waals surface area contributed by atoms with Crippen molar-refractivity contribution in [3.63, 3.8) is 0 Å². The number of rotatable bonds is 3. The third-order valence-electron chi connectivity index (χ3n) is 3.03. The van der Waals surface area contributed by atoms with Crippen LogP contribution in [0.5, 0.6) is 0 Å². The van der Waals surface area contributed by atoms with Gasteiger partial charge in [-0.2, -0.15) is 0 Å². The van der Waals surface area contributed by atoms with Crippen LogP contribution in [0.4, 0.5) is 0 Å². The second kappa shape index (κ2) is 5.54. The van der Waals surface area contributed by atoms with Gasteiger partial charge < -0.3 is 9.15 Å². The largest absolute Gasteiger partial charge is 0.465 e. The highest BCUT2D eigenvalue weighted by molar-refractivity contribution is 7.13. The zero-order valence-corrected chi connectivity index (χ0v) is 12.4. The van der Waals surface area contributed by atoms with Crippen molar-refractivity contribution < 1.29 is 13.9 Å². The number of hydrogen-bond acceptors (Lipinski definition) is 5. The molecule has 0 saturated carbocycles. The fraction of sp³-hybridized carbons (Fsp3) is 0.125. The Morgan fingerprint density at radius 2 is 2.14 bits per heavy atom. The van der Waals surface area contributed by atoms with Gasteiger partial charge >= 0.3 is 5.97 Å². The van der Waals surface area contributed by atoms with E-state index in [9.17, 15) is 4.79 Å². The molecule has 0 unspecified atom stereocenters. The molecule has 3 rings (SSSR count). The molecule has 0 aliphatic rings. The number of aromatic nitrogens is 1. The number of esters is 1. The van der Waals surface area contributed by atoms with Gasteiger partial charge in [-0.05, 0) is 31.2 Å². The van der Waals surface area contributed by atoms with Crippen molar-refractivity contribution in [2.45, 2.75) is 6.92 Å². The summed E-state index contributed by atoms with van der Waals surface area (Å²) < 4.78 is 10.3. The second-order valence-electron chi connectivity index (χ2n) is 4.52. The summed E-state index contributed by atoms with van der Waals surface area (Å²) in [5, 5.41) is 2.78. The molecule has 0 aliphatic heterocycles. The van der Waals surface area contributed by atoms with E-state index in [-0.39, 0.29) is 5.97 Å². The van der Waals surface area contributed by atoms with E-state index in [0.29, 0.717) is 5.56 Å². The molecule has 0 N–H and O–H groups in total. The van der Waals surface area contributed by atoms with Crippen molar-refractivity contribution in [1.29, 1.82) is 0 Å². The summed E-state index contributed by atoms with van der Waals surface area (Å²) in [5.74, 6) is 1.25. The Labute approximate surface area is 126 Å². The molecule has 0 fully saturated rings. The van der Waals surface area contributed by atoms with Crippen LogP contribution < -0.4 is 0 Å². The minimum Gasteiger partial charge on any atom is -0.465 e. The van der Waals surface area contributed by atoms with E-state index < -0.39 is 0 Å². The summed E-state index contributed by atoms with van der Waals surface area (Å²) in [6.45, 7) is 1.90. The fourth-order valence-corrected chi connectivity index (χ4v) is 2.79. The summed E-state index contributed by atoms with van der Waals surface area (Å²) in [6.07, 6.45) is 0. The Balaban J connectivity index is 1.95. The van der Waals surface area contributed by atoms with Crippen molar-refractivity contribution in [2.24, 2.45) is 0 Å². The van der Waals surface area contributed by atoms with Gasteiger partial charge in [-0.15, -0.1) is 11.3 Å². The molecule has 1 aromatic carbocycles. The van der Waals surface area contributed by atoms with E-state index >= 15 is 0 Å². The van der Waals surface area contributed by atoms with Crippen molar-refractivity contribution in [3.05, 3.63) is 53.1 Å². The van der Waals surface area contributed by atoms with E-state index in [1.54, 1.807) is 12.1 Å². The monoisotopic (exact) mass is 299 g/mol. The average Bonchev–Trinajstić information content (AvgIpc) is 3.15. The van der Waals surface area contributed by atoms with E-state index in [0.717, 1.165) is 27.8 Å². The predicted molar refractivity (Wildman–Crippen MR) is 81.3 cm³/mol. The maximum absolute atomic E-state index is 11.6. The molecule has 0 atom stereocenters. The minimum absolute atomic E-state index is 0.352. The lowest BCUT2D eigenvalue weighted by atomic mass is 10.1. The van der Waals surface area contributed by atoms with Crippen LogP contribution in [-0.4, -0.2) is 18.1 Å². The first kappa shape index (κ1) is 13.6. The third-order valence-corrected chi connectivity index (χ3v) is 3.92. The molecule has 0 aliphatic carbocycles. The van der Waals surface area contributed by atoms with E-state index in [1.807, 2.05) is 36.6 Å². The molecular weight excluding hydrogens is 286 g/mol. The van der Waals surface area contributed by atoms with E-state index in [2.05, 4.69) is 4.98 Å². The number of hydrogen-bond donors (Lipinski definition) is 0. The second-order valence-corrected chi connectivity index (χ2v) is 5.38. The first-order valence-electron chi connectivity index (χ1n) is 6.38. The fourth-order valence-electron chi connectivity index (χ4n) is 1.99. The van der Waals surface area contributed by atoms with Gasteiger partial charge in [0.1, 0.15) is 16.5 Å². The van der Waals surface area contributed by atoms with Crippen LogP contribution in [0.2, 0.25) is 0 Å². The molecule has 0 spiro atoms. The van der Waals surface area contributed by atoms with Gasteiger partial charge in [-0.1, -0.05) is 12.1 Å². The number of carbonyl (C=O) groups is 1. The smallest absolute Gasteiger partial charge is 0.337 e. The van der Waals surface area contributed by atoms with E-state index in [1.165, 1.54) is 18.4 Å². The molecule has 0 saturated heterocycles. The molecule has 2 aromatic heterocycles. The van der Waals surface area contributed by atoms with Gasteiger partial charge in [0.05, 0.1) is 12.7 Å². The van der Waals surface area contributed by atoms with Gasteiger partial charge in [-0.25, -0.2) is 9.78 Å². The molecule has 0 radical (unpaired) electrons. The maximum Gasteiger partial charge on any atom is 0.337 e. The average molecular weight is 299 g/mol. The number of benzene rings is 1. The molecule has 5 heteroatoms. The minimum atomic E-state index is -0.352. The van der Waals surface area contributed by atoms with Gasteiger partial charge in [0, 0.05) is 10.9 Å². The van der Waals surface area contributed by atoms with Gasteiger partial charge in [0.25, 0.3) is 0 Å². The van der Waals surface area contributed by atoms with Crippen LogP contribution in [0, 0.1) is 6.92 Å². The summed E-state index contributed by atoms with van der Waals surface area (Å²) in [6, 6.07) is 11.1. The zero-order chi connectivity index (χ0) is 14.8. The summed E-state index contributed by atoms with van der Waals surface area (Å²) in [4.78, 5) is 16.1.